The smallest absolute Gasteiger partial charge is 0.246 e. The molecular formula is C30H43N5O5. The molecule has 218 valence electrons. The van der Waals surface area contributed by atoms with Gasteiger partial charge in [-0.15, -0.1) is 0 Å². The van der Waals surface area contributed by atoms with Crippen molar-refractivity contribution in [2.75, 3.05) is 18.9 Å². The highest BCUT2D eigenvalue weighted by molar-refractivity contribution is 6.02. The fourth-order valence-electron chi connectivity index (χ4n) is 6.05. The number of nitrogens with zero attached hydrogens (tertiary/aromatic N) is 1. The molecule has 2 saturated carbocycles. The normalized spacial score (nSPS) is 24.1. The lowest BCUT2D eigenvalue weighted by Crippen LogP contribution is -2.60. The molecule has 1 aromatic carbocycles. The molecule has 1 saturated heterocycles. The van der Waals surface area contributed by atoms with E-state index < -0.39 is 17.5 Å². The number of fused-ring (bicyclic) bond motifs is 1. The average Bonchev–Trinajstić information content (AvgIpc) is 3.46. The summed E-state index contributed by atoms with van der Waals surface area (Å²) in [6, 6.07) is 5.83. The van der Waals surface area contributed by atoms with E-state index in [1.165, 1.54) is 0 Å². The molecule has 3 aliphatic rings. The van der Waals surface area contributed by atoms with Gasteiger partial charge in [0, 0.05) is 31.1 Å². The van der Waals surface area contributed by atoms with Gasteiger partial charge in [0.15, 0.2) is 0 Å². The monoisotopic (exact) mass is 553 g/mol. The Labute approximate surface area is 236 Å². The van der Waals surface area contributed by atoms with Crippen LogP contribution in [0.15, 0.2) is 24.3 Å². The van der Waals surface area contributed by atoms with Crippen LogP contribution in [-0.4, -0.2) is 72.1 Å². The number of likely N-dealkylation sites (N-methyl/N-ethyl adjacent to an activating group) is 1. The molecular weight excluding hydrogens is 510 g/mol. The minimum atomic E-state index is -0.678. The molecule has 5 atom stereocenters. The SMILES string of the molecule is CN[C@@H](C)C(=O)N[C@H](C(=O)N1CC[C@H]2CC[C@H](NC(=O)Cc3cccc(NC(=O)C4CC(=O)C4)c3)[C@H]21)C(C)(C)C. The topological polar surface area (TPSA) is 137 Å². The van der Waals surface area contributed by atoms with Crippen molar-refractivity contribution < 1.29 is 24.0 Å². The van der Waals surface area contributed by atoms with Crippen molar-refractivity contribution >= 4 is 35.1 Å². The predicted octanol–water partition coefficient (Wildman–Crippen LogP) is 1.78. The van der Waals surface area contributed by atoms with Crippen LogP contribution in [0.3, 0.4) is 0 Å². The van der Waals surface area contributed by atoms with Crippen LogP contribution in [0.5, 0.6) is 0 Å². The zero-order valence-corrected chi connectivity index (χ0v) is 24.2. The number of hydrogen-bond donors (Lipinski definition) is 4. The van der Waals surface area contributed by atoms with Crippen LogP contribution in [-0.2, 0) is 30.4 Å². The van der Waals surface area contributed by atoms with E-state index in [1.807, 2.05) is 31.7 Å². The highest BCUT2D eigenvalue weighted by Crippen LogP contribution is 2.39. The van der Waals surface area contributed by atoms with Gasteiger partial charge in [-0.3, -0.25) is 24.0 Å². The molecule has 10 heteroatoms. The fourth-order valence-corrected chi connectivity index (χ4v) is 6.05. The Bertz CT molecular complexity index is 1150. The molecule has 0 aromatic heterocycles. The van der Waals surface area contributed by atoms with Gasteiger partial charge < -0.3 is 26.2 Å². The maximum absolute atomic E-state index is 13.8. The third-order valence-electron chi connectivity index (χ3n) is 8.58. The highest BCUT2D eigenvalue weighted by atomic mass is 16.2. The van der Waals surface area contributed by atoms with Crippen molar-refractivity contribution in [3.8, 4) is 0 Å². The summed E-state index contributed by atoms with van der Waals surface area (Å²) in [7, 11) is 1.71. The van der Waals surface area contributed by atoms with Gasteiger partial charge >= 0.3 is 0 Å². The van der Waals surface area contributed by atoms with Crippen LogP contribution in [0.2, 0.25) is 0 Å². The zero-order valence-electron chi connectivity index (χ0n) is 24.2. The first-order chi connectivity index (χ1) is 18.9. The quantitative estimate of drug-likeness (QED) is 0.368. The largest absolute Gasteiger partial charge is 0.351 e. The lowest BCUT2D eigenvalue weighted by atomic mass is 9.83. The number of likely N-dealkylation sites (tertiary alicyclic amines) is 1. The van der Waals surface area contributed by atoms with Crippen molar-refractivity contribution in [1.29, 1.82) is 0 Å². The number of amides is 4. The van der Waals surface area contributed by atoms with Crippen molar-refractivity contribution in [2.24, 2.45) is 17.3 Å². The number of anilines is 1. The van der Waals surface area contributed by atoms with E-state index in [0.29, 0.717) is 18.2 Å². The summed E-state index contributed by atoms with van der Waals surface area (Å²) in [6.07, 6.45) is 3.34. The molecule has 0 spiro atoms. The third-order valence-corrected chi connectivity index (χ3v) is 8.58. The molecule has 1 aliphatic heterocycles. The standard InChI is InChI=1S/C30H43N5O5/c1-17(31-5)27(38)34-26(30(2,3)4)29(40)35-12-11-19-9-10-23(25(19)35)33-24(37)14-18-7-6-8-21(13-18)32-28(39)20-15-22(36)16-20/h6-8,13,17,19-20,23,25-26,31H,9-12,14-16H2,1-5H3,(H,32,39)(H,33,37)(H,34,38)/t17-,19+,23-,25-,26+/m0/s1. The van der Waals surface area contributed by atoms with Crippen LogP contribution in [0.1, 0.15) is 65.4 Å². The number of rotatable bonds is 9. The first-order valence-corrected chi connectivity index (χ1v) is 14.4. The maximum Gasteiger partial charge on any atom is 0.246 e. The third kappa shape index (κ3) is 6.71. The van der Waals surface area contributed by atoms with Crippen molar-refractivity contribution in [1.82, 2.24) is 20.9 Å². The second-order valence-electron chi connectivity index (χ2n) is 12.7. The van der Waals surface area contributed by atoms with Crippen LogP contribution < -0.4 is 21.3 Å². The molecule has 4 amide bonds. The molecule has 4 N–H and O–H groups in total. The summed E-state index contributed by atoms with van der Waals surface area (Å²) in [5.41, 5.74) is 0.888. The van der Waals surface area contributed by atoms with Crippen molar-refractivity contribution in [3.63, 3.8) is 0 Å². The molecule has 1 aromatic rings. The van der Waals surface area contributed by atoms with Gasteiger partial charge in [0.25, 0.3) is 0 Å². The Morgan fingerprint density at radius 3 is 2.45 bits per heavy atom. The van der Waals surface area contributed by atoms with E-state index in [0.717, 1.165) is 24.8 Å². The summed E-state index contributed by atoms with van der Waals surface area (Å²) in [5, 5.41) is 11.9. The lowest BCUT2D eigenvalue weighted by molar-refractivity contribution is -0.141. The zero-order chi connectivity index (χ0) is 29.2. The Morgan fingerprint density at radius 2 is 1.80 bits per heavy atom. The summed E-state index contributed by atoms with van der Waals surface area (Å²) < 4.78 is 0. The van der Waals surface area contributed by atoms with Gasteiger partial charge in [-0.05, 0) is 62.3 Å². The first-order valence-electron chi connectivity index (χ1n) is 14.4. The number of carbonyl (C=O) groups excluding carboxylic acids is 5. The minimum Gasteiger partial charge on any atom is -0.351 e. The van der Waals surface area contributed by atoms with Crippen LogP contribution >= 0.6 is 0 Å². The van der Waals surface area contributed by atoms with Gasteiger partial charge in [0.05, 0.1) is 24.4 Å². The predicted molar refractivity (Wildman–Crippen MR) is 151 cm³/mol. The number of carbonyl (C=O) groups is 5. The molecule has 2 aliphatic carbocycles. The Kier molecular flexibility index (Phi) is 8.97. The van der Waals surface area contributed by atoms with Gasteiger partial charge in [-0.25, -0.2) is 0 Å². The van der Waals surface area contributed by atoms with Crippen LogP contribution in [0.4, 0.5) is 5.69 Å². The van der Waals surface area contributed by atoms with E-state index in [1.54, 1.807) is 32.2 Å². The Hall–Kier alpha value is -3.27. The first kappa shape index (κ1) is 29.7. The molecule has 0 radical (unpaired) electrons. The summed E-state index contributed by atoms with van der Waals surface area (Å²) in [5.74, 6) is -0.486. The molecule has 1 heterocycles. The summed E-state index contributed by atoms with van der Waals surface area (Å²) in [4.78, 5) is 65.0. The van der Waals surface area contributed by atoms with Crippen LogP contribution in [0, 0.1) is 17.3 Å². The molecule has 10 nitrogen and oxygen atoms in total. The van der Waals surface area contributed by atoms with E-state index in [4.69, 9.17) is 0 Å². The molecule has 40 heavy (non-hydrogen) atoms. The molecule has 0 unspecified atom stereocenters. The van der Waals surface area contributed by atoms with Crippen molar-refractivity contribution in [2.45, 2.75) is 90.4 Å². The molecule has 0 bridgehead atoms. The summed E-state index contributed by atoms with van der Waals surface area (Å²) in [6.45, 7) is 8.21. The second kappa shape index (κ2) is 12.1. The Balaban J connectivity index is 1.39. The van der Waals surface area contributed by atoms with Gasteiger partial charge in [-0.1, -0.05) is 32.9 Å². The lowest BCUT2D eigenvalue weighted by Gasteiger charge is -2.38. The molecule has 3 fully saturated rings. The number of benzene rings is 1. The number of nitrogens with one attached hydrogen (secondary N) is 4. The Morgan fingerprint density at radius 1 is 1.07 bits per heavy atom. The maximum atomic E-state index is 13.8. The number of hydrogen-bond acceptors (Lipinski definition) is 6. The van der Waals surface area contributed by atoms with E-state index >= 15 is 0 Å². The van der Waals surface area contributed by atoms with E-state index in [9.17, 15) is 24.0 Å². The van der Waals surface area contributed by atoms with Gasteiger partial charge in [-0.2, -0.15) is 0 Å². The van der Waals surface area contributed by atoms with E-state index in [-0.39, 0.29) is 66.7 Å². The fraction of sp³-hybridized carbons (Fsp3) is 0.633. The van der Waals surface area contributed by atoms with Gasteiger partial charge in [0.2, 0.25) is 23.6 Å². The van der Waals surface area contributed by atoms with E-state index in [2.05, 4.69) is 21.3 Å². The second-order valence-corrected chi connectivity index (χ2v) is 12.7. The van der Waals surface area contributed by atoms with Gasteiger partial charge in [0.1, 0.15) is 11.8 Å². The number of ketones is 1. The van der Waals surface area contributed by atoms with Crippen molar-refractivity contribution in [3.05, 3.63) is 29.8 Å². The molecule has 4 rings (SSSR count). The minimum absolute atomic E-state index is 0.101. The highest BCUT2D eigenvalue weighted by Gasteiger charge is 2.49. The number of Topliss-reactive ketones (excluding diaryl/α,β-unsaturated/α-hetero) is 1. The summed E-state index contributed by atoms with van der Waals surface area (Å²) >= 11 is 0. The van der Waals surface area contributed by atoms with Crippen LogP contribution in [0.25, 0.3) is 0 Å². The average molecular weight is 554 g/mol.